The molecule has 1 fully saturated rings. The lowest BCUT2D eigenvalue weighted by Crippen LogP contribution is -2.43. The topological polar surface area (TPSA) is 71.3 Å². The van der Waals surface area contributed by atoms with Gasteiger partial charge in [-0.05, 0) is 42.8 Å². The third kappa shape index (κ3) is 4.92. The molecule has 29 heavy (non-hydrogen) atoms. The summed E-state index contributed by atoms with van der Waals surface area (Å²) >= 11 is 1.59. The second-order valence-corrected chi connectivity index (χ2v) is 8.39. The summed E-state index contributed by atoms with van der Waals surface area (Å²) < 4.78 is 5.43. The average molecular weight is 411 g/mol. The fraction of sp³-hybridized carbons (Fsp3) is 0.409. The van der Waals surface area contributed by atoms with Gasteiger partial charge < -0.3 is 9.84 Å². The van der Waals surface area contributed by atoms with Gasteiger partial charge in [0.25, 0.3) is 0 Å². The van der Waals surface area contributed by atoms with Crippen molar-refractivity contribution in [1.29, 1.82) is 0 Å². The summed E-state index contributed by atoms with van der Waals surface area (Å²) in [5, 5.41) is 9.32. The van der Waals surface area contributed by atoms with Gasteiger partial charge in [0.15, 0.2) is 0 Å². The number of nitrogens with zero attached hydrogens (tertiary/aromatic N) is 3. The highest BCUT2D eigenvalue weighted by atomic mass is 32.1. The van der Waals surface area contributed by atoms with E-state index in [4.69, 9.17) is 4.52 Å². The maximum Gasteiger partial charge on any atom is 0.241 e. The molecule has 0 radical (unpaired) electrons. The number of aromatic nitrogens is 2. The Bertz CT molecular complexity index is 910. The Balaban J connectivity index is 1.35. The van der Waals surface area contributed by atoms with Gasteiger partial charge in [-0.2, -0.15) is 4.98 Å². The van der Waals surface area contributed by atoms with E-state index in [9.17, 15) is 4.79 Å². The summed E-state index contributed by atoms with van der Waals surface area (Å²) in [7, 11) is 0. The number of hydrogen-bond donors (Lipinski definition) is 1. The van der Waals surface area contributed by atoms with Gasteiger partial charge in [-0.15, -0.1) is 11.3 Å². The zero-order valence-electron chi connectivity index (χ0n) is 16.6. The van der Waals surface area contributed by atoms with Gasteiger partial charge in [0, 0.05) is 6.54 Å². The number of piperidine rings is 1. The van der Waals surface area contributed by atoms with Crippen molar-refractivity contribution in [2.24, 2.45) is 5.92 Å². The normalized spacial score (nSPS) is 18.4. The predicted molar refractivity (Wildman–Crippen MR) is 113 cm³/mol. The van der Waals surface area contributed by atoms with Crippen LogP contribution in [0.2, 0.25) is 0 Å². The molecule has 2 atom stereocenters. The van der Waals surface area contributed by atoms with Crippen molar-refractivity contribution in [3.63, 3.8) is 0 Å². The van der Waals surface area contributed by atoms with E-state index >= 15 is 0 Å². The maximum atomic E-state index is 12.9. The van der Waals surface area contributed by atoms with E-state index in [1.165, 1.54) is 0 Å². The molecule has 4 rings (SSSR count). The molecule has 1 aromatic carbocycles. The summed E-state index contributed by atoms with van der Waals surface area (Å²) in [6, 6.07) is 14.2. The van der Waals surface area contributed by atoms with Crippen LogP contribution in [0.1, 0.15) is 43.7 Å². The van der Waals surface area contributed by atoms with Gasteiger partial charge >= 0.3 is 0 Å². The number of carbonyl (C=O) groups excluding carboxylic acids is 1. The van der Waals surface area contributed by atoms with E-state index in [1.54, 1.807) is 11.3 Å². The highest BCUT2D eigenvalue weighted by molar-refractivity contribution is 7.13. The second-order valence-electron chi connectivity index (χ2n) is 7.44. The van der Waals surface area contributed by atoms with E-state index in [-0.39, 0.29) is 17.9 Å². The standard InChI is InChI=1S/C22H26N4O2S/c1-2-18(16-8-4-3-5-9-16)23-22(27)17-10-6-12-26(14-17)15-20-24-21(25-28-20)19-11-7-13-29-19/h3-5,7-9,11,13,17-18H,2,6,10,12,14-15H2,1H3,(H,23,27). The molecule has 2 aromatic heterocycles. The van der Waals surface area contributed by atoms with Crippen LogP contribution in [0.4, 0.5) is 0 Å². The number of hydrogen-bond acceptors (Lipinski definition) is 6. The summed E-state index contributed by atoms with van der Waals surface area (Å²) in [5.41, 5.74) is 1.16. The number of carbonyl (C=O) groups is 1. The van der Waals surface area contributed by atoms with Crippen LogP contribution in [0.25, 0.3) is 10.7 Å². The molecule has 3 heterocycles. The zero-order valence-corrected chi connectivity index (χ0v) is 17.4. The minimum absolute atomic E-state index is 0.0128. The van der Waals surface area contributed by atoms with Gasteiger partial charge in [-0.1, -0.05) is 48.5 Å². The van der Waals surface area contributed by atoms with Crippen molar-refractivity contribution in [2.45, 2.75) is 38.8 Å². The Kier molecular flexibility index (Phi) is 6.36. The Labute approximate surface area is 174 Å². The quantitative estimate of drug-likeness (QED) is 0.630. The minimum Gasteiger partial charge on any atom is -0.349 e. The van der Waals surface area contributed by atoms with E-state index in [1.807, 2.05) is 35.7 Å². The fourth-order valence-corrected chi connectivity index (χ4v) is 4.47. The predicted octanol–water partition coefficient (Wildman–Crippen LogP) is 4.28. The summed E-state index contributed by atoms with van der Waals surface area (Å²) in [5.74, 6) is 1.36. The first kappa shape index (κ1) is 19.8. The van der Waals surface area contributed by atoms with Crippen LogP contribution in [0, 0.1) is 5.92 Å². The number of thiophene rings is 1. The second kappa shape index (κ2) is 9.33. The summed E-state index contributed by atoms with van der Waals surface area (Å²) in [4.78, 5) is 20.7. The van der Waals surface area contributed by atoms with Gasteiger partial charge in [0.2, 0.25) is 17.6 Å². The van der Waals surface area contributed by atoms with E-state index in [0.717, 1.165) is 36.2 Å². The van der Waals surface area contributed by atoms with Crippen LogP contribution in [0.5, 0.6) is 0 Å². The summed E-state index contributed by atoms with van der Waals surface area (Å²) in [6.07, 6.45) is 2.78. The summed E-state index contributed by atoms with van der Waals surface area (Å²) in [6.45, 7) is 4.34. The minimum atomic E-state index is -0.0128. The largest absolute Gasteiger partial charge is 0.349 e. The monoisotopic (exact) mass is 410 g/mol. The molecule has 0 bridgehead atoms. The van der Waals surface area contributed by atoms with E-state index in [2.05, 4.69) is 39.4 Å². The average Bonchev–Trinajstić information content (AvgIpc) is 3.45. The molecule has 3 aromatic rings. The lowest BCUT2D eigenvalue weighted by Gasteiger charge is -2.32. The first-order valence-corrected chi connectivity index (χ1v) is 11.0. The number of benzene rings is 1. The van der Waals surface area contributed by atoms with Crippen LogP contribution in [-0.4, -0.2) is 34.0 Å². The van der Waals surface area contributed by atoms with Crippen molar-refractivity contribution >= 4 is 17.2 Å². The third-order valence-corrected chi connectivity index (χ3v) is 6.24. The van der Waals surface area contributed by atoms with Gasteiger partial charge in [0.1, 0.15) is 0 Å². The molecule has 6 nitrogen and oxygen atoms in total. The van der Waals surface area contributed by atoms with E-state index < -0.39 is 0 Å². The third-order valence-electron chi connectivity index (χ3n) is 5.37. The number of likely N-dealkylation sites (tertiary alicyclic amines) is 1. The van der Waals surface area contributed by atoms with Gasteiger partial charge in [0.05, 0.1) is 23.4 Å². The SMILES string of the molecule is CCC(NC(=O)C1CCCN(Cc2nc(-c3cccs3)no2)C1)c1ccccc1. The molecule has 0 spiro atoms. The van der Waals surface area contributed by atoms with Gasteiger partial charge in [-0.25, -0.2) is 0 Å². The van der Waals surface area contributed by atoms with Crippen LogP contribution in [0.15, 0.2) is 52.4 Å². The Morgan fingerprint density at radius 2 is 2.17 bits per heavy atom. The zero-order chi connectivity index (χ0) is 20.1. The Morgan fingerprint density at radius 1 is 1.31 bits per heavy atom. The van der Waals surface area contributed by atoms with Crippen LogP contribution < -0.4 is 5.32 Å². The molecule has 1 aliphatic rings. The number of nitrogens with one attached hydrogen (secondary N) is 1. The first-order chi connectivity index (χ1) is 14.2. The highest BCUT2D eigenvalue weighted by Crippen LogP contribution is 2.24. The smallest absolute Gasteiger partial charge is 0.241 e. The molecule has 0 saturated carbocycles. The van der Waals surface area contributed by atoms with Crippen LogP contribution in [-0.2, 0) is 11.3 Å². The molecule has 7 heteroatoms. The lowest BCUT2D eigenvalue weighted by molar-refractivity contribution is -0.127. The fourth-order valence-electron chi connectivity index (χ4n) is 3.83. The van der Waals surface area contributed by atoms with Gasteiger partial charge in [-0.3, -0.25) is 9.69 Å². The number of amides is 1. The Morgan fingerprint density at radius 3 is 2.93 bits per heavy atom. The van der Waals surface area contributed by atoms with Crippen molar-refractivity contribution < 1.29 is 9.32 Å². The molecule has 0 aliphatic carbocycles. The van der Waals surface area contributed by atoms with Crippen molar-refractivity contribution in [1.82, 2.24) is 20.4 Å². The first-order valence-electron chi connectivity index (χ1n) is 10.2. The van der Waals surface area contributed by atoms with Crippen molar-refractivity contribution in [3.05, 3.63) is 59.3 Å². The molecule has 152 valence electrons. The Hall–Kier alpha value is -2.51. The molecular weight excluding hydrogens is 384 g/mol. The lowest BCUT2D eigenvalue weighted by atomic mass is 9.95. The highest BCUT2D eigenvalue weighted by Gasteiger charge is 2.28. The molecular formula is C22H26N4O2S. The molecule has 1 aliphatic heterocycles. The van der Waals surface area contributed by atoms with E-state index in [0.29, 0.717) is 24.8 Å². The molecule has 2 unspecified atom stereocenters. The maximum absolute atomic E-state index is 12.9. The molecule has 1 amide bonds. The number of rotatable bonds is 7. The molecule has 1 N–H and O–H groups in total. The van der Waals surface area contributed by atoms with Crippen molar-refractivity contribution in [2.75, 3.05) is 13.1 Å². The van der Waals surface area contributed by atoms with Crippen LogP contribution >= 0.6 is 11.3 Å². The van der Waals surface area contributed by atoms with Crippen molar-refractivity contribution in [3.8, 4) is 10.7 Å². The van der Waals surface area contributed by atoms with Crippen LogP contribution in [0.3, 0.4) is 0 Å². The molecule has 1 saturated heterocycles.